The van der Waals surface area contributed by atoms with Crippen LogP contribution >= 0.6 is 0 Å². The first kappa shape index (κ1) is 15.4. The number of aliphatic carboxylic acids is 1. The van der Waals surface area contributed by atoms with Gasteiger partial charge in [-0.2, -0.15) is 0 Å². The standard InChI is InChI=1S/C11H22BNO5/c14-11(15)8-10(2-1-3-12(16)17)9-13-4-6-18-7-5-13/h10,16-17H,1-9H2,(H,14,15). The van der Waals surface area contributed by atoms with Gasteiger partial charge >= 0.3 is 13.1 Å². The average Bonchev–Trinajstić information content (AvgIpc) is 2.28. The van der Waals surface area contributed by atoms with Crippen molar-refractivity contribution in [3.63, 3.8) is 0 Å². The van der Waals surface area contributed by atoms with Gasteiger partial charge in [-0.05, 0) is 18.7 Å². The fourth-order valence-electron chi connectivity index (χ4n) is 2.24. The van der Waals surface area contributed by atoms with Crippen molar-refractivity contribution in [2.45, 2.75) is 25.6 Å². The van der Waals surface area contributed by atoms with E-state index in [9.17, 15) is 4.79 Å². The minimum Gasteiger partial charge on any atom is -0.481 e. The summed E-state index contributed by atoms with van der Waals surface area (Å²) in [6, 6.07) is 0. The number of carboxylic acid groups (broad SMARTS) is 1. The van der Waals surface area contributed by atoms with Gasteiger partial charge in [0.1, 0.15) is 0 Å². The van der Waals surface area contributed by atoms with E-state index >= 15 is 0 Å². The molecule has 7 heteroatoms. The topological polar surface area (TPSA) is 90.2 Å². The summed E-state index contributed by atoms with van der Waals surface area (Å²) in [6.07, 6.45) is 1.79. The number of morpholine rings is 1. The van der Waals surface area contributed by atoms with Crippen LogP contribution in [-0.2, 0) is 9.53 Å². The van der Waals surface area contributed by atoms with Crippen molar-refractivity contribution in [1.82, 2.24) is 4.90 Å². The second-order valence-corrected chi connectivity index (χ2v) is 4.79. The predicted octanol–water partition coefficient (Wildman–Crippen LogP) is -0.337. The molecule has 0 aromatic rings. The Kier molecular flexibility index (Phi) is 7.26. The van der Waals surface area contributed by atoms with E-state index in [1.54, 1.807) is 0 Å². The zero-order chi connectivity index (χ0) is 13.4. The Morgan fingerprint density at radius 3 is 2.56 bits per heavy atom. The van der Waals surface area contributed by atoms with E-state index in [1.807, 2.05) is 0 Å². The van der Waals surface area contributed by atoms with Crippen molar-refractivity contribution >= 4 is 13.1 Å². The minimum absolute atomic E-state index is 0.0688. The first-order valence-electron chi connectivity index (χ1n) is 6.46. The highest BCUT2D eigenvalue weighted by Gasteiger charge is 2.19. The summed E-state index contributed by atoms with van der Waals surface area (Å²) in [7, 11) is -1.29. The summed E-state index contributed by atoms with van der Waals surface area (Å²) < 4.78 is 5.25. The van der Waals surface area contributed by atoms with Gasteiger partial charge in [0.05, 0.1) is 13.2 Å². The van der Waals surface area contributed by atoms with Gasteiger partial charge in [-0.15, -0.1) is 0 Å². The molecule has 1 aliphatic rings. The van der Waals surface area contributed by atoms with Gasteiger partial charge in [-0.3, -0.25) is 9.69 Å². The zero-order valence-electron chi connectivity index (χ0n) is 10.6. The molecule has 0 aromatic carbocycles. The number of carbonyl (C=O) groups is 1. The first-order chi connectivity index (χ1) is 8.58. The molecule has 0 bridgehead atoms. The van der Waals surface area contributed by atoms with E-state index in [4.69, 9.17) is 19.9 Å². The van der Waals surface area contributed by atoms with Crippen molar-refractivity contribution in [2.75, 3.05) is 32.8 Å². The molecule has 0 spiro atoms. The second kappa shape index (κ2) is 8.47. The van der Waals surface area contributed by atoms with E-state index in [0.717, 1.165) is 19.6 Å². The lowest BCUT2D eigenvalue weighted by molar-refractivity contribution is -0.138. The van der Waals surface area contributed by atoms with Gasteiger partial charge in [-0.25, -0.2) is 0 Å². The normalized spacial score (nSPS) is 18.6. The molecule has 0 aliphatic carbocycles. The summed E-state index contributed by atoms with van der Waals surface area (Å²) in [5, 5.41) is 26.4. The molecule has 1 aliphatic heterocycles. The van der Waals surface area contributed by atoms with Crippen molar-refractivity contribution in [2.24, 2.45) is 5.92 Å². The maximum Gasteiger partial charge on any atom is 0.451 e. The quantitative estimate of drug-likeness (QED) is 0.517. The SMILES string of the molecule is O=C(O)CC(CCCB(O)O)CN1CCOCC1. The Balaban J connectivity index is 2.31. The van der Waals surface area contributed by atoms with Gasteiger partial charge in [-0.1, -0.05) is 6.42 Å². The number of nitrogens with zero attached hydrogens (tertiary/aromatic N) is 1. The molecule has 0 saturated carbocycles. The molecule has 1 atom stereocenters. The Morgan fingerprint density at radius 2 is 2.00 bits per heavy atom. The van der Waals surface area contributed by atoms with Gasteiger partial charge in [0.15, 0.2) is 0 Å². The lowest BCUT2D eigenvalue weighted by Gasteiger charge is -2.30. The van der Waals surface area contributed by atoms with Crippen molar-refractivity contribution in [3.05, 3.63) is 0 Å². The number of carboxylic acids is 1. The summed E-state index contributed by atoms with van der Waals surface area (Å²) in [5.41, 5.74) is 0. The fraction of sp³-hybridized carbons (Fsp3) is 0.909. The van der Waals surface area contributed by atoms with Crippen LogP contribution in [0.2, 0.25) is 6.32 Å². The van der Waals surface area contributed by atoms with Gasteiger partial charge in [0, 0.05) is 26.1 Å². The van der Waals surface area contributed by atoms with Gasteiger partial charge in [0.2, 0.25) is 0 Å². The van der Waals surface area contributed by atoms with Crippen LogP contribution in [0.5, 0.6) is 0 Å². The van der Waals surface area contributed by atoms with Crippen molar-refractivity contribution < 1.29 is 24.7 Å². The molecular formula is C11H22BNO5. The molecule has 0 radical (unpaired) electrons. The molecule has 3 N–H and O–H groups in total. The van der Waals surface area contributed by atoms with Crippen molar-refractivity contribution in [1.29, 1.82) is 0 Å². The van der Waals surface area contributed by atoms with Crippen LogP contribution in [0.15, 0.2) is 0 Å². The van der Waals surface area contributed by atoms with Gasteiger partial charge < -0.3 is 19.9 Å². The lowest BCUT2D eigenvalue weighted by atomic mass is 9.82. The van der Waals surface area contributed by atoms with E-state index in [1.165, 1.54) is 0 Å². The molecular weight excluding hydrogens is 237 g/mol. The third kappa shape index (κ3) is 6.95. The zero-order valence-corrected chi connectivity index (χ0v) is 10.6. The van der Waals surface area contributed by atoms with Crippen LogP contribution in [0, 0.1) is 5.92 Å². The van der Waals surface area contributed by atoms with Crippen molar-refractivity contribution in [3.8, 4) is 0 Å². The third-order valence-corrected chi connectivity index (χ3v) is 3.16. The fourth-order valence-corrected chi connectivity index (χ4v) is 2.24. The van der Waals surface area contributed by atoms with Crippen LogP contribution in [0.3, 0.4) is 0 Å². The lowest BCUT2D eigenvalue weighted by Crippen LogP contribution is -2.39. The summed E-state index contributed by atoms with van der Waals surface area (Å²) in [4.78, 5) is 13.0. The highest BCUT2D eigenvalue weighted by Crippen LogP contribution is 2.16. The number of ether oxygens (including phenoxy) is 1. The molecule has 0 aromatic heterocycles. The number of rotatable bonds is 8. The number of hydrogen-bond acceptors (Lipinski definition) is 5. The predicted molar refractivity (Wildman–Crippen MR) is 67.2 cm³/mol. The molecule has 1 rings (SSSR count). The van der Waals surface area contributed by atoms with Gasteiger partial charge in [0.25, 0.3) is 0 Å². The Labute approximate surface area is 108 Å². The molecule has 18 heavy (non-hydrogen) atoms. The molecule has 6 nitrogen and oxygen atoms in total. The minimum atomic E-state index is -1.29. The summed E-state index contributed by atoms with van der Waals surface area (Å²) in [6.45, 7) is 3.85. The maximum absolute atomic E-state index is 10.8. The third-order valence-electron chi connectivity index (χ3n) is 3.16. The van der Waals surface area contributed by atoms with E-state index in [2.05, 4.69) is 4.90 Å². The maximum atomic E-state index is 10.8. The smallest absolute Gasteiger partial charge is 0.451 e. The van der Waals surface area contributed by atoms with Crippen LogP contribution in [0.25, 0.3) is 0 Å². The Hall–Kier alpha value is -0.625. The highest BCUT2D eigenvalue weighted by atomic mass is 16.5. The summed E-state index contributed by atoms with van der Waals surface area (Å²) >= 11 is 0. The Morgan fingerprint density at radius 1 is 1.33 bits per heavy atom. The van der Waals surface area contributed by atoms with Crippen LogP contribution < -0.4 is 0 Å². The molecule has 104 valence electrons. The second-order valence-electron chi connectivity index (χ2n) is 4.79. The summed E-state index contributed by atoms with van der Waals surface area (Å²) in [5.74, 6) is -0.725. The van der Waals surface area contributed by atoms with Crippen LogP contribution in [-0.4, -0.2) is 66.0 Å². The van der Waals surface area contributed by atoms with E-state index in [0.29, 0.717) is 32.4 Å². The van der Waals surface area contributed by atoms with Crippen LogP contribution in [0.4, 0.5) is 0 Å². The molecule has 0 amide bonds. The van der Waals surface area contributed by atoms with Crippen LogP contribution in [0.1, 0.15) is 19.3 Å². The molecule has 1 saturated heterocycles. The average molecular weight is 259 g/mol. The largest absolute Gasteiger partial charge is 0.481 e. The molecule has 1 unspecified atom stereocenters. The first-order valence-corrected chi connectivity index (χ1v) is 6.46. The molecule has 1 heterocycles. The van der Waals surface area contributed by atoms with E-state index < -0.39 is 13.1 Å². The Bertz CT molecular complexity index is 246. The monoisotopic (exact) mass is 259 g/mol. The highest BCUT2D eigenvalue weighted by molar-refractivity contribution is 6.40. The van der Waals surface area contributed by atoms with E-state index in [-0.39, 0.29) is 12.3 Å². The molecule has 1 fully saturated rings. The number of hydrogen-bond donors (Lipinski definition) is 3.